The van der Waals surface area contributed by atoms with E-state index in [1.54, 1.807) is 6.07 Å². The van der Waals surface area contributed by atoms with Gasteiger partial charge in [0.05, 0.1) is 6.54 Å². The van der Waals surface area contributed by atoms with E-state index in [1.165, 1.54) is 19.3 Å². The first kappa shape index (κ1) is 13.0. The Balaban J connectivity index is 1.21. The third-order valence-corrected chi connectivity index (χ3v) is 5.57. The molecule has 4 heteroatoms. The summed E-state index contributed by atoms with van der Waals surface area (Å²) in [6.07, 6.45) is 4.10. The zero-order valence-electron chi connectivity index (χ0n) is 12.1. The molecule has 21 heavy (non-hydrogen) atoms. The number of anilines is 1. The minimum Gasteiger partial charge on any atom is -0.492 e. The van der Waals surface area contributed by atoms with E-state index < -0.39 is 0 Å². The van der Waals surface area contributed by atoms with Crippen LogP contribution >= 0.6 is 0 Å². The van der Waals surface area contributed by atoms with Crippen LogP contribution in [0.4, 0.5) is 5.69 Å². The van der Waals surface area contributed by atoms with E-state index in [1.807, 2.05) is 18.2 Å². The van der Waals surface area contributed by atoms with Crippen molar-refractivity contribution in [2.45, 2.75) is 19.3 Å². The molecular weight excluding hydrogens is 264 g/mol. The van der Waals surface area contributed by atoms with E-state index in [-0.39, 0.29) is 5.91 Å². The first-order valence-corrected chi connectivity index (χ1v) is 8.00. The predicted octanol–water partition coefficient (Wildman–Crippen LogP) is 2.06. The second kappa shape index (κ2) is 4.93. The Morgan fingerprint density at radius 3 is 2.76 bits per heavy atom. The van der Waals surface area contributed by atoms with E-state index in [0.29, 0.717) is 36.6 Å². The minimum atomic E-state index is 0.248. The minimum absolute atomic E-state index is 0.248. The molecule has 3 aliphatic rings. The van der Waals surface area contributed by atoms with Crippen LogP contribution in [0.3, 0.4) is 0 Å². The van der Waals surface area contributed by atoms with Gasteiger partial charge in [-0.3, -0.25) is 4.79 Å². The molecule has 1 amide bonds. The number of amides is 1. The molecule has 0 aliphatic heterocycles. The molecule has 4 nitrogen and oxygen atoms in total. The molecule has 0 radical (unpaired) electrons. The highest BCUT2D eigenvalue weighted by atomic mass is 16.5. The highest BCUT2D eigenvalue weighted by Gasteiger charge is 2.67. The van der Waals surface area contributed by atoms with Gasteiger partial charge in [-0.2, -0.15) is 0 Å². The Morgan fingerprint density at radius 2 is 2.05 bits per heavy atom. The number of hydrogen-bond acceptors (Lipinski definition) is 3. The van der Waals surface area contributed by atoms with Crippen molar-refractivity contribution in [3.05, 3.63) is 24.3 Å². The molecule has 3 saturated carbocycles. The van der Waals surface area contributed by atoms with Gasteiger partial charge in [-0.1, -0.05) is 6.07 Å². The van der Waals surface area contributed by atoms with E-state index in [4.69, 9.17) is 10.5 Å². The summed E-state index contributed by atoms with van der Waals surface area (Å²) in [7, 11) is 0. The average molecular weight is 286 g/mol. The molecule has 3 fully saturated rings. The number of hydrogen-bond donors (Lipinski definition) is 2. The number of nitrogen functional groups attached to an aromatic ring is 1. The Labute approximate surface area is 125 Å². The molecule has 4 unspecified atom stereocenters. The van der Waals surface area contributed by atoms with Gasteiger partial charge in [-0.25, -0.2) is 0 Å². The third kappa shape index (κ3) is 2.27. The zero-order valence-corrected chi connectivity index (χ0v) is 12.1. The van der Waals surface area contributed by atoms with Crippen LogP contribution in [0.5, 0.6) is 5.75 Å². The number of rotatable bonds is 5. The van der Waals surface area contributed by atoms with E-state index in [9.17, 15) is 4.79 Å². The monoisotopic (exact) mass is 286 g/mol. The molecule has 4 atom stereocenters. The van der Waals surface area contributed by atoms with Crippen molar-refractivity contribution in [3.8, 4) is 5.75 Å². The smallest absolute Gasteiger partial charge is 0.223 e. The number of nitrogens with one attached hydrogen (secondary N) is 1. The number of benzene rings is 1. The summed E-state index contributed by atoms with van der Waals surface area (Å²) in [5.41, 5.74) is 6.39. The lowest BCUT2D eigenvalue weighted by atomic mass is 10.0. The Kier molecular flexibility index (Phi) is 3.05. The predicted molar refractivity (Wildman–Crippen MR) is 80.7 cm³/mol. The summed E-state index contributed by atoms with van der Waals surface area (Å²) in [6, 6.07) is 7.37. The molecule has 0 saturated heterocycles. The van der Waals surface area contributed by atoms with Crippen LogP contribution in [0.1, 0.15) is 19.3 Å². The SMILES string of the molecule is Nc1cccc(OCCNC(=O)C2C3C4CCC(C4)C23)c1. The average Bonchev–Trinajstić information content (AvgIpc) is 2.92. The van der Waals surface area contributed by atoms with Gasteiger partial charge < -0.3 is 15.8 Å². The van der Waals surface area contributed by atoms with Crippen molar-refractivity contribution in [2.24, 2.45) is 29.6 Å². The molecule has 0 heterocycles. The van der Waals surface area contributed by atoms with Crippen molar-refractivity contribution in [1.29, 1.82) is 0 Å². The number of carbonyl (C=O) groups excluding carboxylic acids is 1. The van der Waals surface area contributed by atoms with Gasteiger partial charge in [0, 0.05) is 17.7 Å². The Hall–Kier alpha value is -1.71. The highest BCUT2D eigenvalue weighted by molar-refractivity contribution is 5.82. The van der Waals surface area contributed by atoms with Gasteiger partial charge in [-0.05, 0) is 55.1 Å². The number of carbonyl (C=O) groups is 1. The van der Waals surface area contributed by atoms with Gasteiger partial charge in [-0.15, -0.1) is 0 Å². The Morgan fingerprint density at radius 1 is 1.29 bits per heavy atom. The lowest BCUT2D eigenvalue weighted by Gasteiger charge is -2.10. The molecule has 1 aromatic carbocycles. The van der Waals surface area contributed by atoms with Crippen LogP contribution in [0.15, 0.2) is 24.3 Å². The molecular formula is C17H22N2O2. The molecule has 2 bridgehead atoms. The molecule has 3 aliphatic carbocycles. The molecule has 1 aromatic rings. The summed E-state index contributed by atoms with van der Waals surface area (Å²) < 4.78 is 5.59. The van der Waals surface area contributed by atoms with Gasteiger partial charge in [0.15, 0.2) is 0 Å². The number of nitrogens with two attached hydrogens (primary N) is 1. The van der Waals surface area contributed by atoms with Crippen LogP contribution in [0, 0.1) is 29.6 Å². The van der Waals surface area contributed by atoms with Gasteiger partial charge in [0.25, 0.3) is 0 Å². The van der Waals surface area contributed by atoms with E-state index in [2.05, 4.69) is 5.32 Å². The van der Waals surface area contributed by atoms with Crippen LogP contribution in [0.2, 0.25) is 0 Å². The summed E-state index contributed by atoms with van der Waals surface area (Å²) >= 11 is 0. The van der Waals surface area contributed by atoms with Crippen LogP contribution in [0.25, 0.3) is 0 Å². The van der Waals surface area contributed by atoms with E-state index in [0.717, 1.165) is 17.6 Å². The van der Waals surface area contributed by atoms with Crippen LogP contribution < -0.4 is 15.8 Å². The highest BCUT2D eigenvalue weighted by Crippen LogP contribution is 2.69. The van der Waals surface area contributed by atoms with Crippen molar-refractivity contribution in [3.63, 3.8) is 0 Å². The number of ether oxygens (including phenoxy) is 1. The largest absolute Gasteiger partial charge is 0.492 e. The summed E-state index contributed by atoms with van der Waals surface area (Å²) in [5.74, 6) is 4.42. The molecule has 4 rings (SSSR count). The molecule has 3 N–H and O–H groups in total. The van der Waals surface area contributed by atoms with Crippen molar-refractivity contribution in [2.75, 3.05) is 18.9 Å². The lowest BCUT2D eigenvalue weighted by Crippen LogP contribution is -2.31. The lowest BCUT2D eigenvalue weighted by molar-refractivity contribution is -0.123. The van der Waals surface area contributed by atoms with Gasteiger partial charge in [0.1, 0.15) is 12.4 Å². The molecule has 0 spiro atoms. The van der Waals surface area contributed by atoms with E-state index >= 15 is 0 Å². The summed E-state index contributed by atoms with van der Waals surface area (Å²) in [5, 5.41) is 3.03. The first-order valence-electron chi connectivity index (χ1n) is 8.00. The molecule has 112 valence electrons. The fourth-order valence-electron chi connectivity index (χ4n) is 4.74. The van der Waals surface area contributed by atoms with Crippen LogP contribution in [-0.2, 0) is 4.79 Å². The van der Waals surface area contributed by atoms with Crippen molar-refractivity contribution in [1.82, 2.24) is 5.32 Å². The van der Waals surface area contributed by atoms with Gasteiger partial charge in [0.2, 0.25) is 5.91 Å². The second-order valence-electron chi connectivity index (χ2n) is 6.73. The third-order valence-electron chi connectivity index (χ3n) is 5.57. The van der Waals surface area contributed by atoms with Crippen LogP contribution in [-0.4, -0.2) is 19.1 Å². The summed E-state index contributed by atoms with van der Waals surface area (Å²) in [4.78, 5) is 12.2. The fraction of sp³-hybridized carbons (Fsp3) is 0.588. The van der Waals surface area contributed by atoms with Crippen molar-refractivity contribution >= 4 is 11.6 Å². The standard InChI is InChI=1S/C17H22N2O2/c18-12-2-1-3-13(9-12)21-7-6-19-17(20)16-14-10-4-5-11(8-10)15(14)16/h1-3,9-11,14-16H,4-8,18H2,(H,19,20). The van der Waals surface area contributed by atoms with Gasteiger partial charge >= 0.3 is 0 Å². The van der Waals surface area contributed by atoms with Crippen molar-refractivity contribution < 1.29 is 9.53 Å². The topological polar surface area (TPSA) is 64.3 Å². The maximum Gasteiger partial charge on any atom is 0.223 e. The Bertz CT molecular complexity index is 543. The fourth-order valence-corrected chi connectivity index (χ4v) is 4.74. The second-order valence-corrected chi connectivity index (χ2v) is 6.73. The summed E-state index contributed by atoms with van der Waals surface area (Å²) in [6.45, 7) is 1.06. The quantitative estimate of drug-likeness (QED) is 0.643. The normalized spacial score (nSPS) is 35.3. The maximum atomic E-state index is 12.2. The molecule has 0 aromatic heterocycles. The zero-order chi connectivity index (χ0) is 14.4. The first-order chi connectivity index (χ1) is 10.2. The number of fused-ring (bicyclic) bond motifs is 5. The maximum absolute atomic E-state index is 12.2.